The van der Waals surface area contributed by atoms with Crippen molar-refractivity contribution in [2.24, 2.45) is 0 Å². The van der Waals surface area contributed by atoms with E-state index < -0.39 is 22.0 Å². The molecule has 0 fully saturated rings. The van der Waals surface area contributed by atoms with Crippen LogP contribution in [0.1, 0.15) is 6.42 Å². The minimum Gasteiger partial charge on any atom is -0.493 e. The molecular formula is C21H26N2O9S. The molecule has 1 unspecified atom stereocenters. The first-order valence-corrected chi connectivity index (χ1v) is 11.5. The van der Waals surface area contributed by atoms with Gasteiger partial charge in [0.05, 0.1) is 19.1 Å². The Morgan fingerprint density at radius 2 is 1.85 bits per heavy atom. The molecule has 1 aliphatic heterocycles. The van der Waals surface area contributed by atoms with Crippen molar-refractivity contribution in [3.63, 3.8) is 0 Å². The number of carbonyl (C=O) groups is 1. The van der Waals surface area contributed by atoms with Crippen LogP contribution in [0.2, 0.25) is 0 Å². The van der Waals surface area contributed by atoms with Gasteiger partial charge in [-0.1, -0.05) is 0 Å². The zero-order valence-corrected chi connectivity index (χ0v) is 19.0. The number of aliphatic hydroxyl groups excluding tert-OH is 1. The minimum absolute atomic E-state index is 0.0170. The number of nitrogens with one attached hydrogen (secondary N) is 2. The number of aliphatic hydroxyl groups is 1. The van der Waals surface area contributed by atoms with Crippen molar-refractivity contribution in [1.82, 2.24) is 10.0 Å². The van der Waals surface area contributed by atoms with Crippen molar-refractivity contribution in [3.05, 3.63) is 36.4 Å². The molecule has 1 amide bonds. The quantitative estimate of drug-likeness (QED) is 0.398. The summed E-state index contributed by atoms with van der Waals surface area (Å²) >= 11 is 0. The van der Waals surface area contributed by atoms with Gasteiger partial charge in [0.25, 0.3) is 0 Å². The molecule has 0 radical (unpaired) electrons. The minimum atomic E-state index is -3.84. The summed E-state index contributed by atoms with van der Waals surface area (Å²) in [5, 5.41) is 12.6. The molecular weight excluding hydrogens is 456 g/mol. The van der Waals surface area contributed by atoms with E-state index in [1.54, 1.807) is 18.2 Å². The van der Waals surface area contributed by atoms with Crippen LogP contribution in [0.4, 0.5) is 0 Å². The van der Waals surface area contributed by atoms with Gasteiger partial charge in [0.15, 0.2) is 23.0 Å². The molecule has 0 saturated carbocycles. The standard InChI is InChI=1S/C21H26N2O9S/c1-28-17-6-4-16(10-19(17)29-2)33(26,27)23-8-7-21(25)22-11-14(24)12-30-15-3-5-18-20(9-15)32-13-31-18/h3-6,9-10,14,23-24H,7-8,11-13H2,1-2H3,(H,22,25). The van der Waals surface area contributed by atoms with Crippen molar-refractivity contribution in [2.75, 3.05) is 40.7 Å². The van der Waals surface area contributed by atoms with Crippen LogP contribution in [0.5, 0.6) is 28.7 Å². The van der Waals surface area contributed by atoms with Crippen molar-refractivity contribution in [1.29, 1.82) is 0 Å². The summed E-state index contributed by atoms with van der Waals surface area (Å²) in [5.41, 5.74) is 0. The highest BCUT2D eigenvalue weighted by Gasteiger charge is 2.18. The maximum absolute atomic E-state index is 12.4. The molecule has 0 aromatic heterocycles. The van der Waals surface area contributed by atoms with Crippen LogP contribution in [-0.2, 0) is 14.8 Å². The van der Waals surface area contributed by atoms with Crippen LogP contribution in [0.25, 0.3) is 0 Å². The van der Waals surface area contributed by atoms with Crippen LogP contribution in [0.3, 0.4) is 0 Å². The highest BCUT2D eigenvalue weighted by molar-refractivity contribution is 7.89. The average molecular weight is 483 g/mol. The number of rotatable bonds is 12. The fraction of sp³-hybridized carbons (Fsp3) is 0.381. The summed E-state index contributed by atoms with van der Waals surface area (Å²) in [6, 6.07) is 9.22. The zero-order chi connectivity index (χ0) is 23.8. The highest BCUT2D eigenvalue weighted by Crippen LogP contribution is 2.35. The van der Waals surface area contributed by atoms with Gasteiger partial charge in [0, 0.05) is 31.6 Å². The second-order valence-electron chi connectivity index (χ2n) is 6.95. The Balaban J connectivity index is 1.38. The molecule has 2 aromatic rings. The monoisotopic (exact) mass is 482 g/mol. The maximum Gasteiger partial charge on any atom is 0.240 e. The number of sulfonamides is 1. The molecule has 12 heteroatoms. The number of ether oxygens (including phenoxy) is 5. The molecule has 33 heavy (non-hydrogen) atoms. The average Bonchev–Trinajstić information content (AvgIpc) is 3.28. The van der Waals surface area contributed by atoms with Crippen molar-refractivity contribution in [3.8, 4) is 28.7 Å². The second kappa shape index (κ2) is 11.1. The highest BCUT2D eigenvalue weighted by atomic mass is 32.2. The molecule has 2 aromatic carbocycles. The first-order valence-electron chi connectivity index (χ1n) is 10.0. The Labute approximate surface area is 191 Å². The van der Waals surface area contributed by atoms with Gasteiger partial charge in [-0.15, -0.1) is 0 Å². The maximum atomic E-state index is 12.4. The lowest BCUT2D eigenvalue weighted by Gasteiger charge is -2.14. The molecule has 1 aliphatic rings. The lowest BCUT2D eigenvalue weighted by atomic mass is 10.3. The van der Waals surface area contributed by atoms with Gasteiger partial charge in [-0.3, -0.25) is 4.79 Å². The summed E-state index contributed by atoms with van der Waals surface area (Å²) in [6.45, 7) is -0.0676. The Kier molecular flexibility index (Phi) is 8.20. The van der Waals surface area contributed by atoms with Gasteiger partial charge >= 0.3 is 0 Å². The van der Waals surface area contributed by atoms with E-state index in [0.29, 0.717) is 23.0 Å². The molecule has 0 saturated heterocycles. The lowest BCUT2D eigenvalue weighted by Crippen LogP contribution is -2.37. The number of hydrogen-bond acceptors (Lipinski definition) is 9. The Morgan fingerprint density at radius 3 is 2.61 bits per heavy atom. The predicted molar refractivity (Wildman–Crippen MR) is 116 cm³/mol. The summed E-state index contributed by atoms with van der Waals surface area (Å²) < 4.78 is 53.4. The molecule has 0 bridgehead atoms. The third-order valence-corrected chi connectivity index (χ3v) is 6.09. The third-order valence-electron chi connectivity index (χ3n) is 4.63. The van der Waals surface area contributed by atoms with Gasteiger partial charge in [-0.2, -0.15) is 0 Å². The number of hydrogen-bond donors (Lipinski definition) is 3. The zero-order valence-electron chi connectivity index (χ0n) is 18.2. The van der Waals surface area contributed by atoms with E-state index in [2.05, 4.69) is 10.0 Å². The fourth-order valence-corrected chi connectivity index (χ4v) is 3.95. The third kappa shape index (κ3) is 6.63. The summed E-state index contributed by atoms with van der Waals surface area (Å²) in [4.78, 5) is 12.0. The van der Waals surface area contributed by atoms with Crippen LogP contribution in [0.15, 0.2) is 41.3 Å². The van der Waals surface area contributed by atoms with E-state index in [1.807, 2.05) is 0 Å². The van der Waals surface area contributed by atoms with E-state index in [9.17, 15) is 18.3 Å². The molecule has 180 valence electrons. The van der Waals surface area contributed by atoms with Crippen LogP contribution < -0.4 is 33.7 Å². The normalized spacial score (nSPS) is 13.3. The van der Waals surface area contributed by atoms with Crippen molar-refractivity contribution >= 4 is 15.9 Å². The molecule has 1 heterocycles. The first kappa shape index (κ1) is 24.4. The van der Waals surface area contributed by atoms with E-state index >= 15 is 0 Å². The van der Waals surface area contributed by atoms with Gasteiger partial charge < -0.3 is 34.1 Å². The topological polar surface area (TPSA) is 142 Å². The SMILES string of the molecule is COc1ccc(S(=O)(=O)NCCC(=O)NCC(O)COc2ccc3c(c2)OCO3)cc1OC. The van der Waals surface area contributed by atoms with Gasteiger partial charge in [0.2, 0.25) is 22.7 Å². The number of carbonyl (C=O) groups excluding carboxylic acids is 1. The van der Waals surface area contributed by atoms with Crippen LogP contribution in [0, 0.1) is 0 Å². The number of benzene rings is 2. The van der Waals surface area contributed by atoms with Crippen LogP contribution >= 0.6 is 0 Å². The smallest absolute Gasteiger partial charge is 0.240 e. The number of methoxy groups -OCH3 is 2. The number of fused-ring (bicyclic) bond motifs is 1. The van der Waals surface area contributed by atoms with E-state index in [0.717, 1.165) is 0 Å². The fourth-order valence-electron chi connectivity index (χ4n) is 2.90. The number of amides is 1. The molecule has 3 N–H and O–H groups in total. The Hall–Kier alpha value is -3.22. The second-order valence-corrected chi connectivity index (χ2v) is 8.72. The van der Waals surface area contributed by atoms with Crippen molar-refractivity contribution < 1.29 is 42.0 Å². The molecule has 0 aliphatic carbocycles. The molecule has 0 spiro atoms. The van der Waals surface area contributed by atoms with E-state index in [1.165, 1.54) is 32.4 Å². The van der Waals surface area contributed by atoms with Gasteiger partial charge in [-0.05, 0) is 24.3 Å². The summed E-state index contributed by atoms with van der Waals surface area (Å²) in [7, 11) is -0.991. The van der Waals surface area contributed by atoms with E-state index in [-0.39, 0.29) is 43.6 Å². The largest absolute Gasteiger partial charge is 0.493 e. The molecule has 3 rings (SSSR count). The van der Waals surface area contributed by atoms with Crippen molar-refractivity contribution in [2.45, 2.75) is 17.4 Å². The van der Waals surface area contributed by atoms with Crippen LogP contribution in [-0.4, -0.2) is 66.2 Å². The van der Waals surface area contributed by atoms with Gasteiger partial charge in [0.1, 0.15) is 18.5 Å². The molecule has 1 atom stereocenters. The Bertz CT molecular complexity index is 1080. The first-order chi connectivity index (χ1) is 15.8. The predicted octanol–water partition coefficient (Wildman–Crippen LogP) is 0.657. The summed E-state index contributed by atoms with van der Waals surface area (Å²) in [5.74, 6) is 1.93. The molecule has 11 nitrogen and oxygen atoms in total. The summed E-state index contributed by atoms with van der Waals surface area (Å²) in [6.07, 6.45) is -1.06. The Morgan fingerprint density at radius 1 is 1.09 bits per heavy atom. The lowest BCUT2D eigenvalue weighted by molar-refractivity contribution is -0.121. The van der Waals surface area contributed by atoms with Gasteiger partial charge in [-0.25, -0.2) is 13.1 Å². The van der Waals surface area contributed by atoms with E-state index in [4.69, 9.17) is 23.7 Å².